The third-order valence-corrected chi connectivity index (χ3v) is 7.23. The topological polar surface area (TPSA) is 79.6 Å². The van der Waals surface area contributed by atoms with Crippen molar-refractivity contribution in [1.29, 1.82) is 0 Å². The van der Waals surface area contributed by atoms with Crippen molar-refractivity contribution in [3.8, 4) is 0 Å². The summed E-state index contributed by atoms with van der Waals surface area (Å²) in [5, 5.41) is 4.57. The van der Waals surface area contributed by atoms with Crippen molar-refractivity contribution in [2.24, 2.45) is 0 Å². The molecule has 0 aliphatic carbocycles. The van der Waals surface area contributed by atoms with E-state index >= 15 is 0 Å². The lowest BCUT2D eigenvalue weighted by Gasteiger charge is -2.18. The Hall–Kier alpha value is -2.58. The molecule has 0 bridgehead atoms. The fourth-order valence-corrected chi connectivity index (χ4v) is 4.88. The average Bonchev–Trinajstić information content (AvgIpc) is 3.38. The van der Waals surface area contributed by atoms with E-state index in [0.29, 0.717) is 17.8 Å². The number of nitrogens with zero attached hydrogens (tertiary/aromatic N) is 1. The molecule has 1 aromatic carbocycles. The average molecular weight is 405 g/mol. The van der Waals surface area contributed by atoms with Gasteiger partial charge in [0.05, 0.1) is 12.0 Å². The Morgan fingerprint density at radius 2 is 1.93 bits per heavy atom. The van der Waals surface area contributed by atoms with Gasteiger partial charge in [-0.2, -0.15) is 0 Å². The molecule has 0 radical (unpaired) electrons. The predicted octanol–water partition coefficient (Wildman–Crippen LogP) is 3.53. The molecule has 0 spiro atoms. The largest absolute Gasteiger partial charge is 0.469 e. The summed E-state index contributed by atoms with van der Waals surface area (Å²) in [5.74, 6) is 0.702. The van der Waals surface area contributed by atoms with Gasteiger partial charge in [-0.25, -0.2) is 8.42 Å². The molecule has 142 valence electrons. The first-order valence-corrected chi connectivity index (χ1v) is 10.7. The number of hydrogen-bond acceptors (Lipinski definition) is 5. The summed E-state index contributed by atoms with van der Waals surface area (Å²) in [6, 6.07) is 13.5. The Kier molecular flexibility index (Phi) is 5.98. The van der Waals surface area contributed by atoms with Gasteiger partial charge in [0.2, 0.25) is 0 Å². The summed E-state index contributed by atoms with van der Waals surface area (Å²) in [7, 11) is -2.08. The highest BCUT2D eigenvalue weighted by atomic mass is 32.2. The van der Waals surface area contributed by atoms with Gasteiger partial charge in [-0.3, -0.25) is 9.10 Å². The van der Waals surface area contributed by atoms with Gasteiger partial charge in [-0.05, 0) is 54.3 Å². The van der Waals surface area contributed by atoms with Crippen LogP contribution in [0.5, 0.6) is 0 Å². The van der Waals surface area contributed by atoms with Gasteiger partial charge >= 0.3 is 0 Å². The number of amides is 1. The zero-order valence-corrected chi connectivity index (χ0v) is 16.4. The van der Waals surface area contributed by atoms with Crippen LogP contribution in [0.4, 0.5) is 5.69 Å². The number of thiophene rings is 1. The molecule has 0 fully saturated rings. The van der Waals surface area contributed by atoms with Crippen LogP contribution in [-0.2, 0) is 16.4 Å². The Bertz CT molecular complexity index is 963. The van der Waals surface area contributed by atoms with Crippen molar-refractivity contribution in [3.05, 3.63) is 71.5 Å². The number of benzene rings is 1. The monoisotopic (exact) mass is 404 g/mol. The number of rotatable bonds is 8. The highest BCUT2D eigenvalue weighted by Gasteiger charge is 2.22. The highest BCUT2D eigenvalue weighted by Crippen LogP contribution is 2.25. The van der Waals surface area contributed by atoms with Crippen LogP contribution in [0, 0.1) is 0 Å². The van der Waals surface area contributed by atoms with Crippen molar-refractivity contribution >= 4 is 33.0 Å². The zero-order valence-electron chi connectivity index (χ0n) is 14.8. The van der Waals surface area contributed by atoms with E-state index in [1.807, 2.05) is 12.1 Å². The van der Waals surface area contributed by atoms with E-state index in [1.165, 1.54) is 22.7 Å². The first kappa shape index (κ1) is 19.2. The van der Waals surface area contributed by atoms with Crippen LogP contribution >= 0.6 is 11.3 Å². The number of nitrogens with one attached hydrogen (secondary N) is 1. The Morgan fingerprint density at radius 3 is 2.56 bits per heavy atom. The molecule has 3 aromatic rings. The van der Waals surface area contributed by atoms with Crippen molar-refractivity contribution in [1.82, 2.24) is 5.32 Å². The van der Waals surface area contributed by atoms with Crippen LogP contribution < -0.4 is 9.62 Å². The Labute approximate surface area is 162 Å². The van der Waals surface area contributed by atoms with Gasteiger partial charge in [0.1, 0.15) is 9.97 Å². The standard InChI is InChI=1S/C19H20N2O4S2/c1-21(27(23,24)18-7-4-14-26-18)16-10-8-15(9-11-16)19(22)20-12-2-5-17-6-3-13-25-17/h3-4,6-11,13-14H,2,5,12H2,1H3,(H,20,22). The van der Waals surface area contributed by atoms with Gasteiger partial charge in [0, 0.05) is 25.6 Å². The van der Waals surface area contributed by atoms with E-state index in [0.717, 1.165) is 18.6 Å². The molecule has 8 heteroatoms. The predicted molar refractivity (Wildman–Crippen MR) is 106 cm³/mol. The minimum Gasteiger partial charge on any atom is -0.469 e. The zero-order chi connectivity index (χ0) is 19.3. The van der Waals surface area contributed by atoms with E-state index in [1.54, 1.807) is 48.0 Å². The van der Waals surface area contributed by atoms with E-state index in [4.69, 9.17) is 4.42 Å². The molecule has 2 aromatic heterocycles. The molecule has 1 N–H and O–H groups in total. The summed E-state index contributed by atoms with van der Waals surface area (Å²) >= 11 is 1.17. The van der Waals surface area contributed by atoms with E-state index in [9.17, 15) is 13.2 Å². The number of hydrogen-bond donors (Lipinski definition) is 1. The third-order valence-electron chi connectivity index (χ3n) is 4.07. The molecule has 1 amide bonds. The van der Waals surface area contributed by atoms with E-state index in [2.05, 4.69) is 5.32 Å². The quantitative estimate of drug-likeness (QED) is 0.583. The summed E-state index contributed by atoms with van der Waals surface area (Å²) in [5.41, 5.74) is 0.983. The lowest BCUT2D eigenvalue weighted by Crippen LogP contribution is -2.26. The van der Waals surface area contributed by atoms with Crippen LogP contribution in [-0.4, -0.2) is 27.9 Å². The fraction of sp³-hybridized carbons (Fsp3) is 0.211. The molecule has 0 aliphatic heterocycles. The van der Waals surface area contributed by atoms with Gasteiger partial charge in [0.15, 0.2) is 0 Å². The van der Waals surface area contributed by atoms with Gasteiger partial charge < -0.3 is 9.73 Å². The molecule has 0 saturated heterocycles. The highest BCUT2D eigenvalue weighted by molar-refractivity contribution is 7.94. The number of carbonyl (C=O) groups excluding carboxylic acids is 1. The number of sulfonamides is 1. The van der Waals surface area contributed by atoms with Crippen LogP contribution in [0.15, 0.2) is 68.8 Å². The fourth-order valence-electron chi connectivity index (χ4n) is 2.53. The minimum atomic E-state index is -3.58. The maximum absolute atomic E-state index is 12.5. The lowest BCUT2D eigenvalue weighted by molar-refractivity contribution is 0.0953. The second-order valence-corrected chi connectivity index (χ2v) is 9.03. The third kappa shape index (κ3) is 4.58. The van der Waals surface area contributed by atoms with Gasteiger partial charge in [-0.15, -0.1) is 11.3 Å². The molecular formula is C19H20N2O4S2. The van der Waals surface area contributed by atoms with Crippen LogP contribution in [0.2, 0.25) is 0 Å². The first-order chi connectivity index (χ1) is 13.0. The minimum absolute atomic E-state index is 0.190. The molecule has 27 heavy (non-hydrogen) atoms. The summed E-state index contributed by atoms with van der Waals surface area (Å²) in [4.78, 5) is 12.2. The maximum Gasteiger partial charge on any atom is 0.273 e. The van der Waals surface area contributed by atoms with E-state index < -0.39 is 10.0 Å². The number of anilines is 1. The Balaban J connectivity index is 1.57. The van der Waals surface area contributed by atoms with Gasteiger partial charge in [0.25, 0.3) is 15.9 Å². The van der Waals surface area contributed by atoms with Crippen molar-refractivity contribution in [3.63, 3.8) is 0 Å². The number of aryl methyl sites for hydroxylation is 1. The molecular weight excluding hydrogens is 384 g/mol. The summed E-state index contributed by atoms with van der Waals surface area (Å²) < 4.78 is 31.8. The molecule has 0 aliphatic rings. The second kappa shape index (κ2) is 8.41. The molecule has 3 rings (SSSR count). The first-order valence-electron chi connectivity index (χ1n) is 8.41. The maximum atomic E-state index is 12.5. The van der Waals surface area contributed by atoms with Crippen molar-refractivity contribution < 1.29 is 17.6 Å². The van der Waals surface area contributed by atoms with E-state index in [-0.39, 0.29) is 10.1 Å². The van der Waals surface area contributed by atoms with Crippen LogP contribution in [0.1, 0.15) is 22.5 Å². The molecule has 6 nitrogen and oxygen atoms in total. The SMILES string of the molecule is CN(c1ccc(C(=O)NCCCc2ccco2)cc1)S(=O)(=O)c1cccs1. The summed E-state index contributed by atoms with van der Waals surface area (Å²) in [6.07, 6.45) is 3.17. The number of carbonyl (C=O) groups is 1. The molecule has 0 atom stereocenters. The Morgan fingerprint density at radius 1 is 1.15 bits per heavy atom. The second-order valence-electron chi connectivity index (χ2n) is 5.89. The smallest absolute Gasteiger partial charge is 0.273 e. The van der Waals surface area contributed by atoms with Crippen molar-refractivity contribution in [2.75, 3.05) is 17.9 Å². The normalized spacial score (nSPS) is 11.3. The lowest BCUT2D eigenvalue weighted by atomic mass is 10.2. The molecule has 2 heterocycles. The van der Waals surface area contributed by atoms with Crippen LogP contribution in [0.25, 0.3) is 0 Å². The number of furan rings is 1. The van der Waals surface area contributed by atoms with Crippen LogP contribution in [0.3, 0.4) is 0 Å². The summed E-state index contributed by atoms with van der Waals surface area (Å²) in [6.45, 7) is 0.536. The van der Waals surface area contributed by atoms with Gasteiger partial charge in [-0.1, -0.05) is 6.07 Å². The molecule has 0 unspecified atom stereocenters. The molecule has 0 saturated carbocycles. The van der Waals surface area contributed by atoms with Crippen molar-refractivity contribution in [2.45, 2.75) is 17.1 Å².